The lowest BCUT2D eigenvalue weighted by Gasteiger charge is -2.06. The van der Waals surface area contributed by atoms with Gasteiger partial charge in [-0.25, -0.2) is 0 Å². The van der Waals surface area contributed by atoms with Crippen LogP contribution in [0, 0.1) is 11.3 Å². The van der Waals surface area contributed by atoms with Gasteiger partial charge in [0.1, 0.15) is 16.8 Å². The number of carbonyl (C=O) groups is 1. The van der Waals surface area contributed by atoms with E-state index in [4.69, 9.17) is 4.74 Å². The predicted octanol–water partition coefficient (Wildman–Crippen LogP) is 4.81. The maximum Gasteiger partial charge on any atom is 0.235 e. The molecule has 1 aromatic carbocycles. The Balaban J connectivity index is 1.40. The Kier molecular flexibility index (Phi) is 7.12. The van der Waals surface area contributed by atoms with Crippen LogP contribution in [0.2, 0.25) is 0 Å². The number of amides is 1. The monoisotopic (exact) mass is 467 g/mol. The number of aryl methyl sites for hydroxylation is 1. The summed E-state index contributed by atoms with van der Waals surface area (Å²) in [6.07, 6.45) is 5.36. The Bertz CT molecular complexity index is 1140. The Morgan fingerprint density at radius 2 is 2.03 bits per heavy atom. The fraction of sp³-hybridized carbons (Fsp3) is 0.391. The van der Waals surface area contributed by atoms with E-state index in [-0.39, 0.29) is 11.7 Å². The molecule has 4 rings (SSSR count). The fourth-order valence-corrected chi connectivity index (χ4v) is 5.77. The maximum atomic E-state index is 12.6. The highest BCUT2D eigenvalue weighted by molar-refractivity contribution is 7.99. The summed E-state index contributed by atoms with van der Waals surface area (Å²) in [7, 11) is 1.89. The Labute approximate surface area is 195 Å². The molecule has 7 nitrogen and oxygen atoms in total. The van der Waals surface area contributed by atoms with Gasteiger partial charge in [0.2, 0.25) is 5.91 Å². The summed E-state index contributed by atoms with van der Waals surface area (Å²) < 4.78 is 7.36. The normalized spacial score (nSPS) is 13.2. The zero-order chi connectivity index (χ0) is 22.5. The minimum atomic E-state index is -0.145. The number of thioether (sulfide) groups is 1. The molecule has 0 radical (unpaired) electrons. The topological polar surface area (TPSA) is 92.8 Å². The first kappa shape index (κ1) is 22.4. The second-order valence-corrected chi connectivity index (χ2v) is 9.59. The maximum absolute atomic E-state index is 12.6. The van der Waals surface area contributed by atoms with Gasteiger partial charge in [-0.3, -0.25) is 4.79 Å². The molecule has 0 bridgehead atoms. The molecule has 2 aromatic heterocycles. The van der Waals surface area contributed by atoms with Crippen molar-refractivity contribution in [1.82, 2.24) is 14.8 Å². The van der Waals surface area contributed by atoms with Crippen LogP contribution in [0.25, 0.3) is 11.4 Å². The molecule has 0 saturated carbocycles. The third-order valence-electron chi connectivity index (χ3n) is 5.38. The van der Waals surface area contributed by atoms with E-state index in [1.807, 2.05) is 42.8 Å². The highest BCUT2D eigenvalue weighted by atomic mass is 32.2. The lowest BCUT2D eigenvalue weighted by molar-refractivity contribution is -0.113. The van der Waals surface area contributed by atoms with E-state index in [0.717, 1.165) is 48.4 Å². The van der Waals surface area contributed by atoms with Gasteiger partial charge < -0.3 is 14.6 Å². The van der Waals surface area contributed by atoms with Gasteiger partial charge in [-0.1, -0.05) is 18.2 Å². The highest BCUT2D eigenvalue weighted by Gasteiger charge is 2.21. The molecule has 3 aromatic rings. The van der Waals surface area contributed by atoms with Crippen molar-refractivity contribution in [2.24, 2.45) is 7.05 Å². The molecule has 0 spiro atoms. The lowest BCUT2D eigenvalue weighted by atomic mass is 10.1. The van der Waals surface area contributed by atoms with E-state index in [0.29, 0.717) is 22.3 Å². The molecule has 0 atom stereocenters. The number of hydrogen-bond acceptors (Lipinski definition) is 7. The van der Waals surface area contributed by atoms with Crippen molar-refractivity contribution in [2.45, 2.75) is 44.2 Å². The molecule has 9 heteroatoms. The highest BCUT2D eigenvalue weighted by Crippen LogP contribution is 2.37. The largest absolute Gasteiger partial charge is 0.494 e. The first-order valence-corrected chi connectivity index (χ1v) is 12.5. The second kappa shape index (κ2) is 10.2. The summed E-state index contributed by atoms with van der Waals surface area (Å²) in [6.45, 7) is 2.57. The quantitative estimate of drug-likeness (QED) is 0.396. The van der Waals surface area contributed by atoms with E-state index < -0.39 is 0 Å². The number of nitrogens with zero attached hydrogens (tertiary/aromatic N) is 4. The van der Waals surface area contributed by atoms with Gasteiger partial charge in [0.15, 0.2) is 11.0 Å². The van der Waals surface area contributed by atoms with E-state index in [9.17, 15) is 10.1 Å². The van der Waals surface area contributed by atoms with Crippen molar-refractivity contribution in [2.75, 3.05) is 17.7 Å². The molecule has 0 saturated heterocycles. The van der Waals surface area contributed by atoms with Crippen LogP contribution in [0.4, 0.5) is 5.00 Å². The average molecular weight is 468 g/mol. The number of ether oxygens (including phenoxy) is 1. The summed E-state index contributed by atoms with van der Waals surface area (Å²) in [6, 6.07) is 10.0. The van der Waals surface area contributed by atoms with E-state index in [1.165, 1.54) is 23.1 Å². The SMILES string of the molecule is CCOc1ccc(-c2nnc(SCC(=O)Nc3sc4c(c3C#N)CCCCC4)n2C)cc1. The van der Waals surface area contributed by atoms with Crippen molar-refractivity contribution >= 4 is 34.0 Å². The average Bonchev–Trinajstić information content (AvgIpc) is 3.23. The van der Waals surface area contributed by atoms with Crippen molar-refractivity contribution in [3.63, 3.8) is 0 Å². The molecule has 166 valence electrons. The molecule has 0 fully saturated rings. The third-order valence-corrected chi connectivity index (χ3v) is 7.60. The van der Waals surface area contributed by atoms with Crippen LogP contribution in [0.15, 0.2) is 29.4 Å². The minimum absolute atomic E-state index is 0.145. The minimum Gasteiger partial charge on any atom is -0.494 e. The van der Waals surface area contributed by atoms with Crippen molar-refractivity contribution in [1.29, 1.82) is 5.26 Å². The number of rotatable bonds is 7. The summed E-state index contributed by atoms with van der Waals surface area (Å²) in [4.78, 5) is 13.9. The van der Waals surface area contributed by atoms with Crippen molar-refractivity contribution in [3.8, 4) is 23.2 Å². The fourth-order valence-electron chi connectivity index (χ4n) is 3.80. The molecule has 1 N–H and O–H groups in total. The molecule has 0 aliphatic heterocycles. The second-order valence-electron chi connectivity index (χ2n) is 7.54. The van der Waals surface area contributed by atoms with Crippen LogP contribution >= 0.6 is 23.1 Å². The van der Waals surface area contributed by atoms with Gasteiger partial charge in [0.25, 0.3) is 0 Å². The number of benzene rings is 1. The summed E-state index contributed by atoms with van der Waals surface area (Å²) in [5.41, 5.74) is 2.70. The van der Waals surface area contributed by atoms with Gasteiger partial charge in [0, 0.05) is 17.5 Å². The Morgan fingerprint density at radius 3 is 2.78 bits per heavy atom. The number of nitriles is 1. The van der Waals surface area contributed by atoms with Crippen LogP contribution in [0.5, 0.6) is 5.75 Å². The summed E-state index contributed by atoms with van der Waals surface area (Å²) in [5.74, 6) is 1.59. The molecular weight excluding hydrogens is 442 g/mol. The van der Waals surface area contributed by atoms with Crippen molar-refractivity contribution < 1.29 is 9.53 Å². The van der Waals surface area contributed by atoms with Crippen LogP contribution < -0.4 is 10.1 Å². The number of aromatic nitrogens is 3. The van der Waals surface area contributed by atoms with Crippen LogP contribution in [-0.4, -0.2) is 33.0 Å². The standard InChI is InChI=1S/C23H25N5O2S2/c1-3-30-16-11-9-15(10-12-16)21-26-27-23(28(21)2)31-14-20(29)25-22-18(13-24)17-7-5-4-6-8-19(17)32-22/h9-12H,3-8,14H2,1-2H3,(H,25,29). The molecule has 1 aliphatic rings. The Morgan fingerprint density at radius 1 is 1.25 bits per heavy atom. The van der Waals surface area contributed by atoms with Crippen LogP contribution in [0.1, 0.15) is 42.2 Å². The van der Waals surface area contributed by atoms with Crippen molar-refractivity contribution in [3.05, 3.63) is 40.3 Å². The molecular formula is C23H25N5O2S2. The zero-order valence-corrected chi connectivity index (χ0v) is 19.8. The van der Waals surface area contributed by atoms with E-state index >= 15 is 0 Å². The predicted molar refractivity (Wildman–Crippen MR) is 127 cm³/mol. The summed E-state index contributed by atoms with van der Waals surface area (Å²) >= 11 is 2.88. The summed E-state index contributed by atoms with van der Waals surface area (Å²) in [5, 5.41) is 22.5. The van der Waals surface area contributed by atoms with Gasteiger partial charge >= 0.3 is 0 Å². The van der Waals surface area contributed by atoms with Gasteiger partial charge in [-0.2, -0.15) is 5.26 Å². The number of hydrogen-bond donors (Lipinski definition) is 1. The molecule has 0 unspecified atom stereocenters. The van der Waals surface area contributed by atoms with Crippen LogP contribution in [-0.2, 0) is 24.7 Å². The first-order valence-electron chi connectivity index (χ1n) is 10.7. The first-order chi connectivity index (χ1) is 15.6. The van der Waals surface area contributed by atoms with E-state index in [2.05, 4.69) is 21.6 Å². The van der Waals surface area contributed by atoms with Gasteiger partial charge in [0.05, 0.1) is 17.9 Å². The van der Waals surface area contributed by atoms with Crippen LogP contribution in [0.3, 0.4) is 0 Å². The number of anilines is 1. The molecule has 2 heterocycles. The lowest BCUT2D eigenvalue weighted by Crippen LogP contribution is -2.14. The molecule has 1 amide bonds. The zero-order valence-electron chi connectivity index (χ0n) is 18.2. The van der Waals surface area contributed by atoms with Gasteiger partial charge in [-0.15, -0.1) is 21.5 Å². The van der Waals surface area contributed by atoms with E-state index in [1.54, 1.807) is 11.3 Å². The Hall–Kier alpha value is -2.83. The molecule has 32 heavy (non-hydrogen) atoms. The smallest absolute Gasteiger partial charge is 0.235 e. The number of nitrogens with one attached hydrogen (secondary N) is 1. The number of fused-ring (bicyclic) bond motifs is 1. The number of thiophene rings is 1. The number of carbonyl (C=O) groups excluding carboxylic acids is 1. The van der Waals surface area contributed by atoms with Gasteiger partial charge in [-0.05, 0) is 62.4 Å². The molecule has 1 aliphatic carbocycles. The third kappa shape index (κ3) is 4.81.